The third kappa shape index (κ3) is 2.68. The smallest absolute Gasteiger partial charge is 0.348 e. The molecule has 1 aromatic carbocycles. The lowest BCUT2D eigenvalue weighted by Gasteiger charge is -2.56. The summed E-state index contributed by atoms with van der Waals surface area (Å²) >= 11 is 0. The van der Waals surface area contributed by atoms with E-state index in [9.17, 15) is 23.2 Å². The van der Waals surface area contributed by atoms with Gasteiger partial charge in [-0.2, -0.15) is 9.69 Å². The Labute approximate surface area is 175 Å². The van der Waals surface area contributed by atoms with Crippen molar-refractivity contribution in [2.45, 2.75) is 31.6 Å². The maximum Gasteiger partial charge on any atom is 0.348 e. The number of halogens is 3. The van der Waals surface area contributed by atoms with Crippen LogP contribution < -0.4 is 20.9 Å². The van der Waals surface area contributed by atoms with Crippen LogP contribution in [0.2, 0.25) is 0 Å². The molecule has 0 saturated carbocycles. The Bertz CT molecular complexity index is 1150. The lowest BCUT2D eigenvalue weighted by Crippen LogP contribution is -2.70. The van der Waals surface area contributed by atoms with Gasteiger partial charge >= 0.3 is 5.69 Å². The summed E-state index contributed by atoms with van der Waals surface area (Å²) in [6.07, 6.45) is 0.944. The van der Waals surface area contributed by atoms with Gasteiger partial charge in [-0.25, -0.2) is 18.0 Å². The van der Waals surface area contributed by atoms with Gasteiger partial charge in [0.05, 0.1) is 23.2 Å². The van der Waals surface area contributed by atoms with E-state index < -0.39 is 41.2 Å². The summed E-state index contributed by atoms with van der Waals surface area (Å²) in [4.78, 5) is 39.0. The predicted molar refractivity (Wildman–Crippen MR) is 106 cm³/mol. The van der Waals surface area contributed by atoms with Crippen molar-refractivity contribution in [3.8, 4) is 0 Å². The molecule has 8 nitrogen and oxygen atoms in total. The van der Waals surface area contributed by atoms with Gasteiger partial charge in [-0.3, -0.25) is 14.2 Å². The lowest BCUT2D eigenvalue weighted by atomic mass is 9.69. The van der Waals surface area contributed by atoms with Gasteiger partial charge in [0.2, 0.25) is 11.8 Å². The number of piperidine rings is 2. The number of hydrogen-bond acceptors (Lipinski definition) is 5. The fraction of sp³-hybridized carbons (Fsp3) is 0.550. The zero-order chi connectivity index (χ0) is 22.1. The maximum absolute atomic E-state index is 15.5. The zero-order valence-corrected chi connectivity index (χ0v) is 17.0. The molecule has 3 saturated heterocycles. The molecular weight excluding hydrogens is 415 g/mol. The Balaban J connectivity index is 1.55. The highest BCUT2D eigenvalue weighted by Gasteiger charge is 2.61. The molecule has 0 unspecified atom stereocenters. The van der Waals surface area contributed by atoms with Crippen LogP contribution in [0.4, 0.5) is 18.9 Å². The number of carbonyl (C=O) groups excluding carboxylic acids is 2. The highest BCUT2D eigenvalue weighted by molar-refractivity contribution is 6.11. The van der Waals surface area contributed by atoms with E-state index in [0.717, 1.165) is 14.3 Å². The minimum absolute atomic E-state index is 0.0157. The molecule has 0 bridgehead atoms. The minimum atomic E-state index is -2.88. The van der Waals surface area contributed by atoms with Gasteiger partial charge in [0.1, 0.15) is 5.52 Å². The van der Waals surface area contributed by atoms with Crippen LogP contribution in [0.15, 0.2) is 16.9 Å². The Hall–Kier alpha value is -2.82. The fourth-order valence-electron chi connectivity index (χ4n) is 4.96. The molecule has 2 aromatic rings. The van der Waals surface area contributed by atoms with Crippen LogP contribution in [0.1, 0.15) is 25.7 Å². The number of fused-ring (bicyclic) bond motifs is 1. The number of benzene rings is 1. The molecule has 0 radical (unpaired) electrons. The van der Waals surface area contributed by atoms with Gasteiger partial charge in [-0.15, -0.1) is 0 Å². The summed E-state index contributed by atoms with van der Waals surface area (Å²) in [6, 6.07) is 2.87. The van der Waals surface area contributed by atoms with Gasteiger partial charge in [-0.1, -0.05) is 0 Å². The van der Waals surface area contributed by atoms with Crippen molar-refractivity contribution >= 4 is 28.5 Å². The van der Waals surface area contributed by atoms with Gasteiger partial charge in [0.15, 0.2) is 5.82 Å². The van der Waals surface area contributed by atoms with Gasteiger partial charge in [-0.05, 0) is 31.5 Å². The van der Waals surface area contributed by atoms with Crippen LogP contribution >= 0.6 is 0 Å². The van der Waals surface area contributed by atoms with E-state index in [4.69, 9.17) is 0 Å². The van der Waals surface area contributed by atoms with E-state index in [1.54, 1.807) is 4.90 Å². The quantitative estimate of drug-likeness (QED) is 0.712. The van der Waals surface area contributed by atoms with Crippen molar-refractivity contribution < 1.29 is 22.8 Å². The first-order chi connectivity index (χ1) is 14.7. The number of nitrogens with zero attached hydrogens (tertiary/aromatic N) is 4. The molecule has 11 heteroatoms. The number of alkyl halides is 2. The van der Waals surface area contributed by atoms with Crippen LogP contribution in [0, 0.1) is 11.2 Å². The molecule has 0 aliphatic carbocycles. The maximum atomic E-state index is 15.5. The summed E-state index contributed by atoms with van der Waals surface area (Å²) < 4.78 is 46.3. The average molecular weight is 437 g/mol. The van der Waals surface area contributed by atoms with E-state index in [0.29, 0.717) is 19.4 Å². The number of amides is 2. The molecule has 3 aliphatic heterocycles. The Kier molecular flexibility index (Phi) is 4.27. The summed E-state index contributed by atoms with van der Waals surface area (Å²) in [5.74, 6) is -4.66. The first kappa shape index (κ1) is 20.1. The number of aryl methyl sites for hydroxylation is 1. The molecule has 166 valence electrons. The van der Waals surface area contributed by atoms with Crippen molar-refractivity contribution in [3.63, 3.8) is 0 Å². The van der Waals surface area contributed by atoms with Crippen molar-refractivity contribution in [3.05, 3.63) is 28.4 Å². The molecule has 3 fully saturated rings. The highest BCUT2D eigenvalue weighted by Crippen LogP contribution is 2.50. The van der Waals surface area contributed by atoms with E-state index >= 15 is 4.39 Å². The van der Waals surface area contributed by atoms with Crippen LogP contribution in [0.3, 0.4) is 0 Å². The minimum Gasteiger partial charge on any atom is -0.367 e. The zero-order valence-electron chi connectivity index (χ0n) is 17.0. The Morgan fingerprint density at radius 2 is 1.74 bits per heavy atom. The van der Waals surface area contributed by atoms with Crippen LogP contribution in [0.5, 0.6) is 0 Å². The number of nitrogens with one attached hydrogen (secondary N) is 1. The topological polar surface area (TPSA) is 79.6 Å². The molecule has 4 heterocycles. The number of anilines is 1. The summed E-state index contributed by atoms with van der Waals surface area (Å²) in [5, 5.41) is 3.48. The number of imide groups is 1. The van der Waals surface area contributed by atoms with Gasteiger partial charge < -0.3 is 10.2 Å². The summed E-state index contributed by atoms with van der Waals surface area (Å²) in [5.41, 5.74) is -1.79. The van der Waals surface area contributed by atoms with E-state index in [-0.39, 0.29) is 42.7 Å². The highest BCUT2D eigenvalue weighted by atomic mass is 19.3. The first-order valence-electron chi connectivity index (χ1n) is 10.3. The number of carbonyl (C=O) groups is 2. The van der Waals surface area contributed by atoms with Crippen molar-refractivity contribution in [1.82, 2.24) is 14.6 Å². The molecule has 1 spiro atoms. The molecule has 0 atom stereocenters. The second kappa shape index (κ2) is 6.59. The molecule has 5 rings (SSSR count). The third-order valence-electron chi connectivity index (χ3n) is 6.79. The number of rotatable bonds is 2. The predicted octanol–water partition coefficient (Wildman–Crippen LogP) is 1.09. The number of aromatic nitrogens is 2. The van der Waals surface area contributed by atoms with Gasteiger partial charge in [0.25, 0.3) is 5.92 Å². The first-order valence-corrected chi connectivity index (χ1v) is 10.3. The largest absolute Gasteiger partial charge is 0.367 e. The molecular formula is C20H22F3N5O3. The van der Waals surface area contributed by atoms with E-state index in [2.05, 4.69) is 5.32 Å². The van der Waals surface area contributed by atoms with Gasteiger partial charge in [0, 0.05) is 33.0 Å². The van der Waals surface area contributed by atoms with Crippen LogP contribution in [0.25, 0.3) is 11.0 Å². The molecule has 1 N–H and O–H groups in total. The summed E-state index contributed by atoms with van der Waals surface area (Å²) in [7, 11) is 1.35. The van der Waals surface area contributed by atoms with E-state index in [1.165, 1.54) is 19.2 Å². The molecule has 3 aliphatic rings. The lowest BCUT2D eigenvalue weighted by molar-refractivity contribution is -0.151. The Morgan fingerprint density at radius 3 is 2.39 bits per heavy atom. The van der Waals surface area contributed by atoms with Crippen molar-refractivity contribution in [2.24, 2.45) is 12.5 Å². The van der Waals surface area contributed by atoms with Crippen molar-refractivity contribution in [1.29, 1.82) is 0 Å². The SMILES string of the molecule is Cn1c(=O)n(N2C(=O)CCCC2=O)c2ccc(N3CC4(CCNCC4(F)F)C3)c(F)c21. The van der Waals surface area contributed by atoms with Crippen molar-refractivity contribution in [2.75, 3.05) is 36.1 Å². The number of hydrogen-bond donors (Lipinski definition) is 1. The summed E-state index contributed by atoms with van der Waals surface area (Å²) in [6.45, 7) is 0.126. The normalized spacial score (nSPS) is 23.0. The number of imidazole rings is 1. The van der Waals surface area contributed by atoms with E-state index in [1.807, 2.05) is 0 Å². The molecule has 2 amide bonds. The fourth-order valence-corrected chi connectivity index (χ4v) is 4.96. The monoisotopic (exact) mass is 437 g/mol. The standard InChI is InChI=1S/C20H22F3N5O3/c1-25-17-13(27(18(25)31)28-14(29)3-2-4-15(28)30)6-5-12(16(17)21)26-10-19(11-26)7-8-24-9-20(19,22)23/h5-6,24H,2-4,7-11H2,1H3. The second-order valence-corrected chi connectivity index (χ2v) is 8.64. The van der Waals surface area contributed by atoms with Crippen LogP contribution in [-0.4, -0.2) is 53.2 Å². The third-order valence-corrected chi connectivity index (χ3v) is 6.79. The van der Waals surface area contributed by atoms with Crippen LogP contribution in [-0.2, 0) is 16.6 Å². The average Bonchev–Trinajstić information content (AvgIpc) is 2.93. The molecule has 1 aromatic heterocycles. The second-order valence-electron chi connectivity index (χ2n) is 8.64. The molecule has 31 heavy (non-hydrogen) atoms. The Morgan fingerprint density at radius 1 is 1.06 bits per heavy atom.